The van der Waals surface area contributed by atoms with Crippen LogP contribution in [0, 0.1) is 12.7 Å². The number of aromatic nitrogens is 3. The monoisotopic (exact) mass is 981 g/mol. The maximum Gasteiger partial charge on any atom is 0.264 e. The first kappa shape index (κ1) is 50.4. The summed E-state index contributed by atoms with van der Waals surface area (Å²) in [5, 5.41) is 8.52. The van der Waals surface area contributed by atoms with E-state index in [2.05, 4.69) is 25.9 Å². The number of unbranched alkanes of at least 4 members (excludes halogenated alkanes) is 8. The number of anilines is 2. The summed E-state index contributed by atoms with van der Waals surface area (Å²) in [4.78, 5) is 99.8. The molecule has 0 saturated carbocycles. The van der Waals surface area contributed by atoms with Gasteiger partial charge in [0.15, 0.2) is 23.1 Å². The molecule has 2 aliphatic heterocycles. The van der Waals surface area contributed by atoms with E-state index in [1.807, 2.05) is 19.1 Å². The minimum Gasteiger partial charge on any atom is -0.493 e. The van der Waals surface area contributed by atoms with Crippen molar-refractivity contribution in [3.05, 3.63) is 117 Å². The van der Waals surface area contributed by atoms with Gasteiger partial charge in [0, 0.05) is 48.8 Å². The minimum atomic E-state index is -1.08. The van der Waals surface area contributed by atoms with Crippen LogP contribution in [0.4, 0.5) is 15.8 Å². The number of methoxy groups -OCH3 is 1. The van der Waals surface area contributed by atoms with Gasteiger partial charge in [-0.1, -0.05) is 64.0 Å². The van der Waals surface area contributed by atoms with Crippen molar-refractivity contribution in [1.29, 1.82) is 0 Å². The number of amides is 6. The molecule has 0 spiro atoms. The van der Waals surface area contributed by atoms with E-state index in [-0.39, 0.29) is 64.9 Å². The van der Waals surface area contributed by atoms with Crippen molar-refractivity contribution in [2.24, 2.45) is 7.05 Å². The van der Waals surface area contributed by atoms with Gasteiger partial charge in [-0.2, -0.15) is 0 Å². The highest BCUT2D eigenvalue weighted by Gasteiger charge is 2.45. The number of carbonyl (C=O) groups excluding carboxylic acids is 6. The third-order valence-electron chi connectivity index (χ3n) is 13.2. The van der Waals surface area contributed by atoms with Gasteiger partial charge in [0.25, 0.3) is 17.7 Å². The minimum absolute atomic E-state index is 0.0200. The highest BCUT2D eigenvalue weighted by atomic mass is 19.1. The van der Waals surface area contributed by atoms with Crippen molar-refractivity contribution in [2.75, 3.05) is 24.4 Å². The maximum atomic E-state index is 15.6. The number of piperidine rings is 1. The predicted molar refractivity (Wildman–Crippen MR) is 267 cm³/mol. The van der Waals surface area contributed by atoms with Crippen LogP contribution in [0.3, 0.4) is 0 Å². The molecule has 1 atom stereocenters. The lowest BCUT2D eigenvalue weighted by molar-refractivity contribution is -0.136. The van der Waals surface area contributed by atoms with Crippen LogP contribution in [0.15, 0.2) is 77.9 Å². The van der Waals surface area contributed by atoms with Gasteiger partial charge in [0.1, 0.15) is 17.9 Å². The molecule has 18 heteroatoms. The molecule has 0 bridgehead atoms. The van der Waals surface area contributed by atoms with Crippen LogP contribution in [-0.4, -0.2) is 74.6 Å². The van der Waals surface area contributed by atoms with Crippen molar-refractivity contribution in [1.82, 2.24) is 24.8 Å². The zero-order valence-corrected chi connectivity index (χ0v) is 40.7. The normalized spacial score (nSPS) is 14.4. The highest BCUT2D eigenvalue weighted by Crippen LogP contribution is 2.37. The molecule has 0 radical (unpaired) electrons. The number of hydrogen-bond acceptors (Lipinski definition) is 12. The molecule has 1 unspecified atom stereocenters. The van der Waals surface area contributed by atoms with E-state index in [1.165, 1.54) is 31.6 Å². The second-order valence-electron chi connectivity index (χ2n) is 18.0. The third kappa shape index (κ3) is 10.8. The highest BCUT2D eigenvalue weighted by molar-refractivity contribution is 6.26. The number of pyridine rings is 1. The molecule has 0 aliphatic carbocycles. The van der Waals surface area contributed by atoms with Gasteiger partial charge in [0.2, 0.25) is 29.0 Å². The zero-order chi connectivity index (χ0) is 51.1. The summed E-state index contributed by atoms with van der Waals surface area (Å²) in [7, 11) is 3.31. The van der Waals surface area contributed by atoms with Gasteiger partial charge in [-0.3, -0.25) is 43.8 Å². The van der Waals surface area contributed by atoms with E-state index in [0.717, 1.165) is 74.3 Å². The van der Waals surface area contributed by atoms with Crippen molar-refractivity contribution in [2.45, 2.75) is 103 Å². The van der Waals surface area contributed by atoms with Gasteiger partial charge >= 0.3 is 0 Å². The molecule has 6 amide bonds. The van der Waals surface area contributed by atoms with Crippen molar-refractivity contribution in [3.8, 4) is 23.1 Å². The van der Waals surface area contributed by atoms with Gasteiger partial charge < -0.3 is 29.4 Å². The molecule has 1 saturated heterocycles. The molecule has 17 nitrogen and oxygen atoms in total. The molecule has 72 heavy (non-hydrogen) atoms. The second-order valence-corrected chi connectivity index (χ2v) is 18.0. The quantitative estimate of drug-likeness (QED) is 0.0455. The predicted octanol–water partition coefficient (Wildman–Crippen LogP) is 8.86. The van der Waals surface area contributed by atoms with Gasteiger partial charge in [-0.15, -0.1) is 0 Å². The molecule has 2 aromatic heterocycles. The summed E-state index contributed by atoms with van der Waals surface area (Å²) in [5.41, 5.74) is 2.77. The average Bonchev–Trinajstić information content (AvgIpc) is 3.62. The van der Waals surface area contributed by atoms with Crippen LogP contribution in [0.2, 0.25) is 0 Å². The standard InChI is InChI=1S/C54H56FN7O10/c1-5-32-19-21-40-36(26-32)49(65)47(31(2)61(40)3)51(67)58-33-20-23-42(37(55)27-33)72-52-35-28-43(70-4)44(29-39(35)56-30-57-52)71-25-14-12-10-8-6-7-9-11-13-18-45(63)59-38-17-15-16-34-48(38)54(69)62(53(34)68)41-22-24-46(64)60-50(41)66/h15-17,19-21,23,26-30,41H,5-14,18,22,24-25H2,1-4H3,(H,58,67)(H,59,63)(H,60,64,66). The second kappa shape index (κ2) is 22.4. The Morgan fingerprint density at radius 2 is 1.57 bits per heavy atom. The van der Waals surface area contributed by atoms with Crippen molar-refractivity contribution >= 4 is 68.6 Å². The van der Waals surface area contributed by atoms with Gasteiger partial charge in [0.05, 0.1) is 47.0 Å². The van der Waals surface area contributed by atoms with E-state index in [1.54, 1.807) is 48.9 Å². The van der Waals surface area contributed by atoms with E-state index in [0.29, 0.717) is 52.0 Å². The molecule has 1 fully saturated rings. The van der Waals surface area contributed by atoms with Crippen molar-refractivity contribution in [3.63, 3.8) is 0 Å². The molecule has 4 heterocycles. The molecule has 3 N–H and O–H groups in total. The smallest absolute Gasteiger partial charge is 0.264 e. The van der Waals surface area contributed by atoms with Crippen LogP contribution in [0.25, 0.3) is 21.8 Å². The van der Waals surface area contributed by atoms with Crippen LogP contribution < -0.4 is 35.6 Å². The van der Waals surface area contributed by atoms with E-state index in [9.17, 15) is 33.6 Å². The van der Waals surface area contributed by atoms with Crippen LogP contribution >= 0.6 is 0 Å². The Hall–Kier alpha value is -8.02. The molecule has 4 aromatic carbocycles. The topological polar surface area (TPSA) is 217 Å². The number of fused-ring (bicyclic) bond motifs is 3. The summed E-state index contributed by atoms with van der Waals surface area (Å²) in [5.74, 6) is -3.27. The molecular weight excluding hydrogens is 926 g/mol. The Morgan fingerprint density at radius 1 is 0.819 bits per heavy atom. The number of ether oxygens (including phenoxy) is 3. The van der Waals surface area contributed by atoms with Gasteiger partial charge in [-0.05, 0) is 80.6 Å². The summed E-state index contributed by atoms with van der Waals surface area (Å²) >= 11 is 0. The largest absolute Gasteiger partial charge is 0.493 e. The Bertz CT molecular complexity index is 3190. The fourth-order valence-electron chi connectivity index (χ4n) is 9.18. The lowest BCUT2D eigenvalue weighted by Gasteiger charge is -2.27. The van der Waals surface area contributed by atoms with Gasteiger partial charge in [-0.25, -0.2) is 14.4 Å². The number of aryl methyl sites for hydroxylation is 2. The Labute approximate surface area is 414 Å². The summed E-state index contributed by atoms with van der Waals surface area (Å²) < 4.78 is 35.0. The fourth-order valence-corrected chi connectivity index (χ4v) is 9.18. The van der Waals surface area contributed by atoms with Crippen LogP contribution in [0.5, 0.6) is 23.1 Å². The van der Waals surface area contributed by atoms with E-state index < -0.39 is 46.8 Å². The zero-order valence-electron chi connectivity index (χ0n) is 40.7. The number of rotatable bonds is 21. The molecule has 6 aromatic rings. The fraction of sp³-hybridized carbons (Fsp3) is 0.352. The average molecular weight is 982 g/mol. The summed E-state index contributed by atoms with van der Waals surface area (Å²) in [6, 6.07) is 16.5. The summed E-state index contributed by atoms with van der Waals surface area (Å²) in [6.07, 6.45) is 10.8. The summed E-state index contributed by atoms with van der Waals surface area (Å²) in [6.45, 7) is 4.14. The number of benzene rings is 4. The lowest BCUT2D eigenvalue weighted by atomic mass is 10.0. The maximum absolute atomic E-state index is 15.6. The number of nitrogens with one attached hydrogen (secondary N) is 3. The van der Waals surface area contributed by atoms with Crippen molar-refractivity contribution < 1.29 is 47.4 Å². The number of nitrogens with zero attached hydrogens (tertiary/aromatic N) is 4. The third-order valence-corrected chi connectivity index (χ3v) is 13.2. The molecule has 2 aliphatic rings. The molecule has 374 valence electrons. The Balaban J connectivity index is 0.747. The SMILES string of the molecule is CCc1ccc2c(c1)c(=O)c(C(=O)Nc1ccc(Oc3ncnc4cc(OCCCCCCCCCCCC(=O)Nc5cccc6c5C(=O)N(C5CCC(=O)NC5=O)C6=O)c(OC)cc34)c(F)c1)c(C)n2C. The molecular formula is C54H56FN7O10. The first-order valence-corrected chi connectivity index (χ1v) is 24.3. The number of carbonyl (C=O) groups is 6. The number of halogens is 1. The van der Waals surface area contributed by atoms with E-state index in [4.69, 9.17) is 14.2 Å². The van der Waals surface area contributed by atoms with E-state index >= 15 is 4.39 Å². The lowest BCUT2D eigenvalue weighted by Crippen LogP contribution is -2.54. The number of hydrogen-bond donors (Lipinski definition) is 3. The van der Waals surface area contributed by atoms with Crippen LogP contribution in [0.1, 0.15) is 126 Å². The Kier molecular flexibility index (Phi) is 15.7. The Morgan fingerprint density at radius 3 is 2.29 bits per heavy atom. The number of imide groups is 2. The molecule has 8 rings (SSSR count). The first-order valence-electron chi connectivity index (χ1n) is 24.3. The first-order chi connectivity index (χ1) is 34.8. The van der Waals surface area contributed by atoms with Crippen LogP contribution in [-0.2, 0) is 27.9 Å².